The van der Waals surface area contributed by atoms with Crippen LogP contribution in [0.2, 0.25) is 5.02 Å². The molecule has 0 bridgehead atoms. The average Bonchev–Trinajstić information content (AvgIpc) is 2.69. The van der Waals surface area contributed by atoms with E-state index < -0.39 is 11.9 Å². The monoisotopic (exact) mass is 404 g/mol. The van der Waals surface area contributed by atoms with Gasteiger partial charge in [-0.2, -0.15) is 0 Å². The van der Waals surface area contributed by atoms with E-state index in [4.69, 9.17) is 11.6 Å². The van der Waals surface area contributed by atoms with E-state index in [0.29, 0.717) is 6.54 Å². The van der Waals surface area contributed by atoms with Crippen molar-refractivity contribution in [1.82, 2.24) is 10.2 Å². The molecule has 0 heterocycles. The molecule has 28 heavy (non-hydrogen) atoms. The maximum atomic E-state index is 14.1. The molecule has 150 valence electrons. The Labute approximate surface area is 170 Å². The molecule has 0 fully saturated rings. The van der Waals surface area contributed by atoms with Gasteiger partial charge in [0, 0.05) is 23.7 Å². The molecule has 0 unspecified atom stereocenters. The van der Waals surface area contributed by atoms with Gasteiger partial charge in [-0.15, -0.1) is 0 Å². The normalized spacial score (nSPS) is 11.7. The molecule has 0 spiro atoms. The zero-order chi connectivity index (χ0) is 20.5. The lowest BCUT2D eigenvalue weighted by atomic mass is 10.1. The summed E-state index contributed by atoms with van der Waals surface area (Å²) in [4.78, 5) is 27.0. The highest BCUT2D eigenvalue weighted by Gasteiger charge is 2.27. The Hall–Kier alpha value is -2.40. The van der Waals surface area contributed by atoms with Crippen molar-refractivity contribution >= 4 is 23.4 Å². The van der Waals surface area contributed by atoms with Crippen LogP contribution in [0.5, 0.6) is 0 Å². The molecule has 0 aliphatic rings. The number of nitrogens with zero attached hydrogens (tertiary/aromatic N) is 1. The van der Waals surface area contributed by atoms with E-state index >= 15 is 0 Å². The quantitative estimate of drug-likeness (QED) is 0.631. The molecule has 2 aromatic carbocycles. The number of rotatable bonds is 9. The fourth-order valence-electron chi connectivity index (χ4n) is 2.85. The van der Waals surface area contributed by atoms with Crippen molar-refractivity contribution < 1.29 is 14.0 Å². The van der Waals surface area contributed by atoms with Crippen LogP contribution in [-0.4, -0.2) is 29.3 Å². The highest BCUT2D eigenvalue weighted by molar-refractivity contribution is 6.31. The molecule has 6 heteroatoms. The average molecular weight is 405 g/mol. The van der Waals surface area contributed by atoms with E-state index in [2.05, 4.69) is 5.32 Å². The second kappa shape index (κ2) is 10.8. The van der Waals surface area contributed by atoms with Gasteiger partial charge in [-0.05, 0) is 31.0 Å². The number of carbonyl (C=O) groups excluding carboxylic acids is 2. The van der Waals surface area contributed by atoms with Crippen LogP contribution >= 0.6 is 11.6 Å². The first-order valence-electron chi connectivity index (χ1n) is 9.48. The first-order chi connectivity index (χ1) is 13.4. The number of nitrogens with one attached hydrogen (secondary N) is 1. The number of carbonyl (C=O) groups is 2. The molecule has 0 aliphatic heterocycles. The fourth-order valence-corrected chi connectivity index (χ4v) is 3.08. The third-order valence-electron chi connectivity index (χ3n) is 4.58. The molecule has 2 rings (SSSR count). The van der Waals surface area contributed by atoms with E-state index in [9.17, 15) is 14.0 Å². The third kappa shape index (κ3) is 6.06. The Bertz CT molecular complexity index is 778. The fraction of sp³-hybridized carbons (Fsp3) is 0.364. The van der Waals surface area contributed by atoms with Crippen LogP contribution in [0, 0.1) is 5.82 Å². The van der Waals surface area contributed by atoms with Crippen LogP contribution in [-0.2, 0) is 22.6 Å². The molecule has 1 atom stereocenters. The van der Waals surface area contributed by atoms with Crippen molar-refractivity contribution in [3.63, 3.8) is 0 Å². The Morgan fingerprint density at radius 1 is 1.14 bits per heavy atom. The van der Waals surface area contributed by atoms with Gasteiger partial charge >= 0.3 is 0 Å². The minimum atomic E-state index is -0.685. The maximum absolute atomic E-state index is 14.1. The minimum absolute atomic E-state index is 0.144. The number of unbranched alkanes of at least 4 members (excludes halogenated alkanes) is 1. The highest BCUT2D eigenvalue weighted by Crippen LogP contribution is 2.21. The van der Waals surface area contributed by atoms with Gasteiger partial charge in [0.05, 0.1) is 6.42 Å². The zero-order valence-electron chi connectivity index (χ0n) is 16.3. The summed E-state index contributed by atoms with van der Waals surface area (Å²) in [6, 6.07) is 13.0. The van der Waals surface area contributed by atoms with E-state index in [-0.39, 0.29) is 35.4 Å². The Morgan fingerprint density at radius 2 is 1.86 bits per heavy atom. The van der Waals surface area contributed by atoms with Crippen LogP contribution < -0.4 is 5.32 Å². The number of benzene rings is 2. The molecule has 0 saturated heterocycles. The highest BCUT2D eigenvalue weighted by atomic mass is 35.5. The van der Waals surface area contributed by atoms with E-state index in [0.717, 1.165) is 18.4 Å². The Balaban J connectivity index is 2.21. The Morgan fingerprint density at radius 3 is 2.50 bits per heavy atom. The molecule has 2 amide bonds. The first-order valence-corrected chi connectivity index (χ1v) is 9.85. The number of halogens is 2. The zero-order valence-corrected chi connectivity index (χ0v) is 17.0. The van der Waals surface area contributed by atoms with Gasteiger partial charge in [0.1, 0.15) is 11.9 Å². The SMILES string of the molecule is CCCCNC(=O)[C@H](C)N(Cc1ccccc1)C(=O)Cc1c(F)cccc1Cl. The summed E-state index contributed by atoms with van der Waals surface area (Å²) in [7, 11) is 0. The molecule has 0 saturated carbocycles. The van der Waals surface area contributed by atoms with Crippen molar-refractivity contribution in [2.45, 2.75) is 45.7 Å². The van der Waals surface area contributed by atoms with Gasteiger partial charge in [0.15, 0.2) is 0 Å². The van der Waals surface area contributed by atoms with Crippen molar-refractivity contribution in [2.24, 2.45) is 0 Å². The van der Waals surface area contributed by atoms with E-state index in [1.807, 2.05) is 37.3 Å². The van der Waals surface area contributed by atoms with Crippen LogP contribution in [0.15, 0.2) is 48.5 Å². The predicted molar refractivity (Wildman–Crippen MR) is 109 cm³/mol. The third-order valence-corrected chi connectivity index (χ3v) is 4.94. The summed E-state index contributed by atoms with van der Waals surface area (Å²) in [6.07, 6.45) is 1.63. The van der Waals surface area contributed by atoms with Gasteiger partial charge in [-0.3, -0.25) is 9.59 Å². The standard InChI is InChI=1S/C22H26ClFN2O2/c1-3-4-13-25-22(28)16(2)26(15-17-9-6-5-7-10-17)21(27)14-18-19(23)11-8-12-20(18)24/h5-12,16H,3-4,13-15H2,1-2H3,(H,25,28)/t16-/m0/s1. The van der Waals surface area contributed by atoms with Gasteiger partial charge in [-0.25, -0.2) is 4.39 Å². The van der Waals surface area contributed by atoms with E-state index in [1.165, 1.54) is 17.0 Å². The Kier molecular flexibility index (Phi) is 8.45. The van der Waals surface area contributed by atoms with E-state index in [1.54, 1.807) is 13.0 Å². The number of amides is 2. The molecular weight excluding hydrogens is 379 g/mol. The molecule has 0 aliphatic carbocycles. The summed E-state index contributed by atoms with van der Waals surface area (Å²) in [5.74, 6) is -1.10. The lowest BCUT2D eigenvalue weighted by Gasteiger charge is -2.29. The summed E-state index contributed by atoms with van der Waals surface area (Å²) < 4.78 is 14.1. The predicted octanol–water partition coefficient (Wildman–Crippen LogP) is 4.36. The van der Waals surface area contributed by atoms with Gasteiger partial charge in [0.25, 0.3) is 0 Å². The van der Waals surface area contributed by atoms with Gasteiger partial charge in [0.2, 0.25) is 11.8 Å². The summed E-state index contributed by atoms with van der Waals surface area (Å²) in [6.45, 7) is 4.55. The van der Waals surface area contributed by atoms with Crippen LogP contribution in [0.25, 0.3) is 0 Å². The van der Waals surface area contributed by atoms with Crippen molar-refractivity contribution in [1.29, 1.82) is 0 Å². The lowest BCUT2D eigenvalue weighted by Crippen LogP contribution is -2.48. The molecule has 0 radical (unpaired) electrons. The summed E-state index contributed by atoms with van der Waals surface area (Å²) in [5, 5.41) is 3.06. The van der Waals surface area contributed by atoms with Gasteiger partial charge < -0.3 is 10.2 Å². The van der Waals surface area contributed by atoms with Crippen LogP contribution in [0.4, 0.5) is 4.39 Å². The molecule has 4 nitrogen and oxygen atoms in total. The van der Waals surface area contributed by atoms with Crippen LogP contribution in [0.1, 0.15) is 37.8 Å². The lowest BCUT2D eigenvalue weighted by molar-refractivity contribution is -0.140. The van der Waals surface area contributed by atoms with Crippen molar-refractivity contribution in [3.05, 3.63) is 70.5 Å². The second-order valence-electron chi connectivity index (χ2n) is 6.70. The van der Waals surface area contributed by atoms with Crippen molar-refractivity contribution in [3.8, 4) is 0 Å². The first kappa shape index (κ1) is 21.9. The molecule has 1 N–H and O–H groups in total. The van der Waals surface area contributed by atoms with Gasteiger partial charge in [-0.1, -0.05) is 61.3 Å². The van der Waals surface area contributed by atoms with Crippen LogP contribution in [0.3, 0.4) is 0 Å². The summed E-state index contributed by atoms with van der Waals surface area (Å²) >= 11 is 6.08. The second-order valence-corrected chi connectivity index (χ2v) is 7.11. The maximum Gasteiger partial charge on any atom is 0.242 e. The molecule has 0 aromatic heterocycles. The number of hydrogen-bond acceptors (Lipinski definition) is 2. The number of hydrogen-bond donors (Lipinski definition) is 1. The minimum Gasteiger partial charge on any atom is -0.354 e. The summed E-state index contributed by atoms with van der Waals surface area (Å²) in [5.41, 5.74) is 1.04. The topological polar surface area (TPSA) is 49.4 Å². The largest absolute Gasteiger partial charge is 0.354 e. The molecule has 2 aromatic rings. The molecular formula is C22H26ClFN2O2. The smallest absolute Gasteiger partial charge is 0.242 e. The van der Waals surface area contributed by atoms with Crippen molar-refractivity contribution in [2.75, 3.05) is 6.54 Å².